The van der Waals surface area contributed by atoms with Crippen molar-refractivity contribution in [2.45, 2.75) is 324 Å². The van der Waals surface area contributed by atoms with Crippen molar-refractivity contribution in [2.24, 2.45) is 61.7 Å². The lowest BCUT2D eigenvalue weighted by atomic mass is 9.82. The maximum absolute atomic E-state index is 5.67. The van der Waals surface area contributed by atoms with E-state index in [1.165, 1.54) is 52.5 Å². The van der Waals surface area contributed by atoms with E-state index < -0.39 is 0 Å². The summed E-state index contributed by atoms with van der Waals surface area (Å²) in [7, 11) is 0. The number of hydrogen-bond donors (Lipinski definition) is 2. The molecule has 0 aromatic carbocycles. The lowest BCUT2D eigenvalue weighted by molar-refractivity contribution is 0.0217. The molecule has 3 aromatic rings. The van der Waals surface area contributed by atoms with Gasteiger partial charge < -0.3 is 47.6 Å². The average molecular weight is 1360 g/mol. The van der Waals surface area contributed by atoms with E-state index in [9.17, 15) is 0 Å². The Labute approximate surface area is 595 Å². The smallest absolute Gasteiger partial charge is 0.230 e. The molecule has 0 unspecified atom stereocenters. The minimum absolute atomic E-state index is 0.0556. The first-order valence-corrected chi connectivity index (χ1v) is 36.6. The summed E-state index contributed by atoms with van der Waals surface area (Å²) in [4.78, 5) is 20.4. The first-order chi connectivity index (χ1) is 43.9. The largest absolute Gasteiger partial charge is 0.497 e. The molecule has 0 saturated carbocycles. The third kappa shape index (κ3) is 29.4. The van der Waals surface area contributed by atoms with Crippen LogP contribution in [0.25, 0.3) is 0 Å². The fourth-order valence-electron chi connectivity index (χ4n) is 11.3. The number of oxazole rings is 2. The van der Waals surface area contributed by atoms with E-state index in [0.29, 0.717) is 74.1 Å². The molecule has 8 heterocycles. The van der Waals surface area contributed by atoms with Gasteiger partial charge in [-0.15, -0.1) is 0 Å². The Kier molecular flexibility index (Phi) is 34.5. The fraction of sp³-hybridized carbons (Fsp3) is 0.759. The van der Waals surface area contributed by atoms with E-state index in [2.05, 4.69) is 307 Å². The van der Waals surface area contributed by atoms with E-state index in [4.69, 9.17) is 37.3 Å². The van der Waals surface area contributed by atoms with Crippen LogP contribution < -0.4 is 5.32 Å². The number of aromatic nitrogens is 4. The Morgan fingerprint density at radius 2 is 0.856 bits per heavy atom. The predicted octanol–water partition coefficient (Wildman–Crippen LogP) is 24.1. The van der Waals surface area contributed by atoms with Crippen LogP contribution in [-0.2, 0) is 44.7 Å². The number of ether oxygens (including phenoxy) is 6. The van der Waals surface area contributed by atoms with Gasteiger partial charge in [-0.25, -0.2) is 15.0 Å². The van der Waals surface area contributed by atoms with Crippen LogP contribution in [0.1, 0.15) is 342 Å². The molecule has 0 spiro atoms. The Balaban J connectivity index is 0.000000554. The molecule has 0 radical (unpaired) electrons. The highest BCUT2D eigenvalue weighted by molar-refractivity contribution is 5.68. The molecule has 0 aliphatic carbocycles. The second kappa shape index (κ2) is 37.3. The van der Waals surface area contributed by atoms with Crippen molar-refractivity contribution in [3.8, 4) is 0 Å². The Bertz CT molecular complexity index is 2750. The molecule has 0 bridgehead atoms. The Morgan fingerprint density at radius 1 is 0.381 bits per heavy atom. The SMILES string of the molecule is CC(C)C1=C(C(C)(C)C)CC=N1.CC(C)C1=C(C(C)(C)C)CCO1.CC(C)C1=C(C(C)(C)C)OCCO1.CC(C)C1=C(C(C)(C)C)OCN1.CC(C)C1=C(C(C)(C)C)OCO1.CC(C)c1[nH]cnc1C(C)(C)C.CC(C)c1ncoc1C(C)(C)C.CC(C)c1ocnc1C(C)(C)C. The van der Waals surface area contributed by atoms with Gasteiger partial charge in [0.1, 0.15) is 53.5 Å². The number of nitrogens with zero attached hydrogens (tertiary/aromatic N) is 4. The number of allylic oxidation sites excluding steroid dienone is 9. The number of H-pyrrole nitrogens is 1. The molecule has 0 fully saturated rings. The monoisotopic (exact) mass is 1360 g/mol. The highest BCUT2D eigenvalue weighted by Gasteiger charge is 2.33. The zero-order chi connectivity index (χ0) is 75.5. The average Bonchev–Trinajstić information content (AvgIpc) is 1.82. The predicted molar refractivity (Wildman–Crippen MR) is 408 cm³/mol. The fourth-order valence-corrected chi connectivity index (χ4v) is 11.3. The summed E-state index contributed by atoms with van der Waals surface area (Å²) in [6.07, 6.45) is 9.08. The van der Waals surface area contributed by atoms with Gasteiger partial charge in [0, 0.05) is 86.6 Å². The van der Waals surface area contributed by atoms with Gasteiger partial charge in [-0.05, 0) is 45.6 Å². The van der Waals surface area contributed by atoms with Crippen molar-refractivity contribution < 1.29 is 37.3 Å². The van der Waals surface area contributed by atoms with Crippen LogP contribution in [0.2, 0.25) is 0 Å². The topological polar surface area (TPSA) is 161 Å². The van der Waals surface area contributed by atoms with E-state index in [-0.39, 0.29) is 43.3 Å². The van der Waals surface area contributed by atoms with Crippen LogP contribution in [0, 0.1) is 56.7 Å². The van der Waals surface area contributed by atoms with E-state index in [1.807, 2.05) is 6.21 Å². The van der Waals surface area contributed by atoms with Crippen LogP contribution in [-0.4, -0.2) is 59.5 Å². The van der Waals surface area contributed by atoms with Crippen molar-refractivity contribution in [2.75, 3.05) is 33.3 Å². The van der Waals surface area contributed by atoms with Crippen LogP contribution in [0.15, 0.2) is 90.0 Å². The molecule has 2 N–H and O–H groups in total. The minimum atomic E-state index is 0.0556. The third-order valence-corrected chi connectivity index (χ3v) is 16.1. The summed E-state index contributed by atoms with van der Waals surface area (Å²) >= 11 is 0. The minimum Gasteiger partial charge on any atom is -0.497 e. The number of aromatic amines is 1. The van der Waals surface area contributed by atoms with Crippen LogP contribution in [0.3, 0.4) is 0 Å². The molecular weight excluding hydrogens is 1210 g/mol. The van der Waals surface area contributed by atoms with Gasteiger partial charge in [0.05, 0.1) is 41.5 Å². The summed E-state index contributed by atoms with van der Waals surface area (Å²) in [5, 5.41) is 3.27. The summed E-state index contributed by atoms with van der Waals surface area (Å²) in [6, 6.07) is 0. The molecule has 0 saturated heterocycles. The van der Waals surface area contributed by atoms with E-state index in [1.54, 1.807) is 6.33 Å². The van der Waals surface area contributed by atoms with Crippen molar-refractivity contribution in [1.82, 2.24) is 25.3 Å². The number of aliphatic imine (C=N–C) groups is 1. The van der Waals surface area contributed by atoms with Crippen molar-refractivity contribution in [1.29, 1.82) is 0 Å². The van der Waals surface area contributed by atoms with Gasteiger partial charge in [-0.1, -0.05) is 277 Å². The molecular formula is C83H148N6O8. The highest BCUT2D eigenvalue weighted by Crippen LogP contribution is 2.41. The van der Waals surface area contributed by atoms with Crippen molar-refractivity contribution in [3.63, 3.8) is 0 Å². The summed E-state index contributed by atoms with van der Waals surface area (Å²) in [5.74, 6) is 12.3. The van der Waals surface area contributed by atoms with Gasteiger partial charge in [0.2, 0.25) is 6.79 Å². The quantitative estimate of drug-likeness (QED) is 0.220. The molecule has 0 atom stereocenters. The molecule has 14 heteroatoms. The van der Waals surface area contributed by atoms with Crippen molar-refractivity contribution >= 4 is 6.21 Å². The number of nitrogens with one attached hydrogen (secondary N) is 2. The molecule has 5 aliphatic heterocycles. The first-order valence-electron chi connectivity index (χ1n) is 36.6. The van der Waals surface area contributed by atoms with Gasteiger partial charge in [-0.2, -0.15) is 0 Å². The lowest BCUT2D eigenvalue weighted by Gasteiger charge is -2.31. The van der Waals surface area contributed by atoms with E-state index >= 15 is 0 Å². The summed E-state index contributed by atoms with van der Waals surface area (Å²) < 4.78 is 44.1. The zero-order valence-corrected chi connectivity index (χ0v) is 69.9. The lowest BCUT2D eigenvalue weighted by Crippen LogP contribution is -2.24. The van der Waals surface area contributed by atoms with Gasteiger partial charge >= 0.3 is 0 Å². The number of hydrogen-bond acceptors (Lipinski definition) is 13. The van der Waals surface area contributed by atoms with Gasteiger partial charge in [-0.3, -0.25) is 4.99 Å². The number of imidazole rings is 1. The Hall–Kier alpha value is -5.40. The maximum atomic E-state index is 5.67. The molecule has 3 aromatic heterocycles. The second-order valence-corrected chi connectivity index (χ2v) is 37.1. The van der Waals surface area contributed by atoms with Crippen LogP contribution in [0.4, 0.5) is 0 Å². The Morgan fingerprint density at radius 3 is 1.20 bits per heavy atom. The normalized spacial score (nSPS) is 16.2. The van der Waals surface area contributed by atoms with Gasteiger partial charge in [0.25, 0.3) is 0 Å². The second-order valence-electron chi connectivity index (χ2n) is 37.1. The molecule has 97 heavy (non-hydrogen) atoms. The standard InChI is InChI=1S/C11H19N.C11H20O2.C11H20O.C10H18N2.C10H17NO.C10H19NO.C10H17NO.C10H18O2/c1-8(2)10-9(6-7-12-10)11(3,4)5;1-8(2)9-10(11(3,4)5)13-7-6-12-9;1-8(2)10-9(6-7-12-10)11(3,4)5;1-7(2)8-9(10(3,4)5)12-6-11-8;1-7(2)8-9(10(3,4)5)11-6-12-8;3*1-7(2)8-9(10(3,4)5)12-6-11-8/h7-8H,6H2,1-5H3;8H,6-7H2,1-5H3;8H,6-7H2,1-5H3;6-7H,1-5H3,(H,11,12);6-7H,1-5H3;7,11H,6H2,1-5H3;6-7H,1-5H3;7H,6H2,1-5H3. The van der Waals surface area contributed by atoms with Crippen LogP contribution in [0.5, 0.6) is 0 Å². The molecule has 5 aliphatic rings. The third-order valence-electron chi connectivity index (χ3n) is 16.1. The number of rotatable bonds is 8. The van der Waals surface area contributed by atoms with E-state index in [0.717, 1.165) is 71.2 Å². The van der Waals surface area contributed by atoms with Crippen LogP contribution >= 0.6 is 0 Å². The molecule has 14 nitrogen and oxygen atoms in total. The zero-order valence-electron chi connectivity index (χ0n) is 69.9. The maximum Gasteiger partial charge on any atom is 0.230 e. The summed E-state index contributed by atoms with van der Waals surface area (Å²) in [5.41, 5.74) is 11.4. The first kappa shape index (κ1) is 89.6. The molecule has 8 rings (SSSR count). The van der Waals surface area contributed by atoms with Crippen molar-refractivity contribution in [3.05, 3.63) is 111 Å². The molecule has 0 amide bonds. The van der Waals surface area contributed by atoms with Gasteiger partial charge in [0.15, 0.2) is 19.5 Å². The highest BCUT2D eigenvalue weighted by atomic mass is 16.7. The summed E-state index contributed by atoms with van der Waals surface area (Å²) in [6.45, 7) is 90.3. The molecule has 558 valence electrons.